The van der Waals surface area contributed by atoms with Gasteiger partial charge in [0.2, 0.25) is 11.8 Å². The van der Waals surface area contributed by atoms with Crippen molar-refractivity contribution in [1.82, 2.24) is 24.4 Å². The summed E-state index contributed by atoms with van der Waals surface area (Å²) in [6.07, 6.45) is 3.38. The molecule has 1 fully saturated rings. The normalized spacial score (nSPS) is 15.3. The number of aromatic nitrogens is 5. The molecule has 4 aromatic heterocycles. The van der Waals surface area contributed by atoms with Crippen molar-refractivity contribution in [1.29, 1.82) is 0 Å². The SMILES string of the molecule is CC(C)c1nn(Cc2nnc(C3CCC3)o2)c(=O)c2cc3sc(Cl)cc3n12. The Morgan fingerprint density at radius 1 is 1.30 bits per heavy atom. The molecule has 1 aliphatic rings. The summed E-state index contributed by atoms with van der Waals surface area (Å²) in [4.78, 5) is 13.0. The summed E-state index contributed by atoms with van der Waals surface area (Å²) in [6, 6.07) is 3.76. The van der Waals surface area contributed by atoms with Gasteiger partial charge in [0, 0.05) is 11.8 Å². The van der Waals surface area contributed by atoms with Gasteiger partial charge in [-0.25, -0.2) is 4.68 Å². The molecule has 27 heavy (non-hydrogen) atoms. The second-order valence-electron chi connectivity index (χ2n) is 7.30. The molecule has 0 atom stereocenters. The molecule has 1 aliphatic carbocycles. The number of hydrogen-bond donors (Lipinski definition) is 0. The van der Waals surface area contributed by atoms with Crippen LogP contribution in [-0.2, 0) is 6.54 Å². The van der Waals surface area contributed by atoms with Gasteiger partial charge >= 0.3 is 0 Å². The van der Waals surface area contributed by atoms with Crippen molar-refractivity contribution in [2.45, 2.75) is 51.5 Å². The van der Waals surface area contributed by atoms with E-state index >= 15 is 0 Å². The highest BCUT2D eigenvalue weighted by atomic mass is 35.5. The van der Waals surface area contributed by atoms with Gasteiger partial charge in [-0.15, -0.1) is 21.5 Å². The lowest BCUT2D eigenvalue weighted by molar-refractivity contribution is 0.320. The molecule has 0 radical (unpaired) electrons. The molecule has 5 rings (SSSR count). The minimum absolute atomic E-state index is 0.127. The highest BCUT2D eigenvalue weighted by Gasteiger charge is 2.25. The maximum atomic E-state index is 13.0. The van der Waals surface area contributed by atoms with Crippen molar-refractivity contribution in [3.63, 3.8) is 0 Å². The minimum atomic E-state index is -0.178. The van der Waals surface area contributed by atoms with E-state index in [9.17, 15) is 4.79 Å². The average molecular weight is 404 g/mol. The van der Waals surface area contributed by atoms with E-state index in [4.69, 9.17) is 16.0 Å². The Kier molecular flexibility index (Phi) is 3.87. The molecule has 4 heterocycles. The van der Waals surface area contributed by atoms with E-state index in [0.717, 1.165) is 28.9 Å². The molecular formula is C18H18ClN5O2S. The Balaban J connectivity index is 1.62. The van der Waals surface area contributed by atoms with E-state index in [0.29, 0.717) is 27.6 Å². The van der Waals surface area contributed by atoms with Crippen LogP contribution < -0.4 is 5.56 Å². The number of thiophene rings is 1. The van der Waals surface area contributed by atoms with Crippen molar-refractivity contribution >= 4 is 38.7 Å². The van der Waals surface area contributed by atoms with Crippen LogP contribution in [0.2, 0.25) is 4.34 Å². The predicted molar refractivity (Wildman–Crippen MR) is 104 cm³/mol. The maximum Gasteiger partial charge on any atom is 0.291 e. The van der Waals surface area contributed by atoms with Crippen molar-refractivity contribution in [2.75, 3.05) is 0 Å². The van der Waals surface area contributed by atoms with E-state index in [1.807, 2.05) is 16.5 Å². The topological polar surface area (TPSA) is 78.2 Å². The van der Waals surface area contributed by atoms with Crippen molar-refractivity contribution in [2.24, 2.45) is 0 Å². The lowest BCUT2D eigenvalue weighted by Gasteiger charge is -2.20. The number of fused-ring (bicyclic) bond motifs is 3. The fourth-order valence-electron chi connectivity index (χ4n) is 3.47. The Labute approximate surface area is 163 Å². The first kappa shape index (κ1) is 16.9. The second kappa shape index (κ2) is 6.17. The maximum absolute atomic E-state index is 13.0. The van der Waals surface area contributed by atoms with Crippen LogP contribution >= 0.6 is 22.9 Å². The summed E-state index contributed by atoms with van der Waals surface area (Å²) in [6.45, 7) is 4.28. The van der Waals surface area contributed by atoms with Crippen molar-refractivity contribution in [3.8, 4) is 0 Å². The molecule has 0 aliphatic heterocycles. The first-order chi connectivity index (χ1) is 13.0. The van der Waals surface area contributed by atoms with Crippen LogP contribution in [0.4, 0.5) is 0 Å². The number of rotatable bonds is 4. The van der Waals surface area contributed by atoms with Crippen LogP contribution in [-0.4, -0.2) is 24.4 Å². The molecule has 9 heteroatoms. The van der Waals surface area contributed by atoms with Crippen LogP contribution in [0.15, 0.2) is 21.3 Å². The van der Waals surface area contributed by atoms with Gasteiger partial charge < -0.3 is 4.42 Å². The zero-order chi connectivity index (χ0) is 18.7. The van der Waals surface area contributed by atoms with Gasteiger partial charge in [-0.05, 0) is 25.0 Å². The lowest BCUT2D eigenvalue weighted by Crippen LogP contribution is -2.28. The zero-order valence-electron chi connectivity index (χ0n) is 15.0. The van der Waals surface area contributed by atoms with Gasteiger partial charge in [0.05, 0.1) is 14.6 Å². The van der Waals surface area contributed by atoms with Gasteiger partial charge in [-0.3, -0.25) is 9.20 Å². The lowest BCUT2D eigenvalue weighted by atomic mass is 9.85. The molecule has 0 N–H and O–H groups in total. The molecule has 4 aromatic rings. The number of halogens is 1. The third-order valence-electron chi connectivity index (χ3n) is 5.10. The Morgan fingerprint density at radius 3 is 2.81 bits per heavy atom. The summed E-state index contributed by atoms with van der Waals surface area (Å²) in [5.41, 5.74) is 1.33. The zero-order valence-corrected chi connectivity index (χ0v) is 16.5. The highest BCUT2D eigenvalue weighted by molar-refractivity contribution is 7.22. The summed E-state index contributed by atoms with van der Waals surface area (Å²) in [5, 5.41) is 12.9. The second-order valence-corrected chi connectivity index (χ2v) is 9.02. The number of nitrogens with zero attached hydrogens (tertiary/aromatic N) is 5. The van der Waals surface area contributed by atoms with Crippen molar-refractivity contribution < 1.29 is 4.42 Å². The summed E-state index contributed by atoms with van der Waals surface area (Å²) < 4.78 is 10.8. The fraction of sp³-hybridized carbons (Fsp3) is 0.444. The summed E-state index contributed by atoms with van der Waals surface area (Å²) in [5.74, 6) is 2.38. The van der Waals surface area contributed by atoms with Gasteiger partial charge in [0.1, 0.15) is 17.9 Å². The van der Waals surface area contributed by atoms with E-state index in [2.05, 4.69) is 29.1 Å². The highest BCUT2D eigenvalue weighted by Crippen LogP contribution is 2.35. The molecule has 140 valence electrons. The first-order valence-electron chi connectivity index (χ1n) is 9.05. The largest absolute Gasteiger partial charge is 0.423 e. The number of hydrogen-bond acceptors (Lipinski definition) is 6. The van der Waals surface area contributed by atoms with Crippen LogP contribution in [0.3, 0.4) is 0 Å². The van der Waals surface area contributed by atoms with E-state index in [1.54, 1.807) is 0 Å². The van der Waals surface area contributed by atoms with E-state index in [1.165, 1.54) is 22.4 Å². The standard InChI is InChI=1S/C18H18ClN5O2S/c1-9(2)16-22-23(8-15-20-21-17(26-15)10-4-3-5-10)18(25)12-6-13-11(24(12)16)7-14(19)27-13/h6-7,9-10H,3-5,8H2,1-2H3. The van der Waals surface area contributed by atoms with Gasteiger partial charge in [0.25, 0.3) is 5.56 Å². The molecule has 0 saturated heterocycles. The summed E-state index contributed by atoms with van der Waals surface area (Å²) >= 11 is 7.61. The van der Waals surface area contributed by atoms with Gasteiger partial charge in [-0.2, -0.15) is 5.10 Å². The molecule has 1 saturated carbocycles. The molecule has 0 aromatic carbocycles. The quantitative estimate of drug-likeness (QED) is 0.510. The molecule has 0 unspecified atom stereocenters. The molecule has 7 nitrogen and oxygen atoms in total. The van der Waals surface area contributed by atoms with E-state index in [-0.39, 0.29) is 18.0 Å². The first-order valence-corrected chi connectivity index (χ1v) is 10.2. The molecule has 0 bridgehead atoms. The third kappa shape index (κ3) is 2.70. The van der Waals surface area contributed by atoms with Crippen LogP contribution in [0.1, 0.15) is 62.6 Å². The molecule has 0 amide bonds. The van der Waals surface area contributed by atoms with Gasteiger partial charge in [0.15, 0.2) is 0 Å². The van der Waals surface area contributed by atoms with E-state index < -0.39 is 0 Å². The Hall–Kier alpha value is -2.19. The van der Waals surface area contributed by atoms with Crippen LogP contribution in [0, 0.1) is 0 Å². The van der Waals surface area contributed by atoms with Crippen LogP contribution in [0.25, 0.3) is 15.7 Å². The summed E-state index contributed by atoms with van der Waals surface area (Å²) in [7, 11) is 0. The molecular weight excluding hydrogens is 386 g/mol. The predicted octanol–water partition coefficient (Wildman–Crippen LogP) is 4.19. The Morgan fingerprint density at radius 2 is 2.11 bits per heavy atom. The van der Waals surface area contributed by atoms with Crippen molar-refractivity contribution in [3.05, 3.63) is 44.4 Å². The monoisotopic (exact) mass is 403 g/mol. The van der Waals surface area contributed by atoms with Gasteiger partial charge in [-0.1, -0.05) is 31.9 Å². The minimum Gasteiger partial charge on any atom is -0.423 e. The smallest absolute Gasteiger partial charge is 0.291 e. The average Bonchev–Trinajstić information content (AvgIpc) is 3.23. The third-order valence-corrected chi connectivity index (χ3v) is 6.30. The molecule has 0 spiro atoms. The van der Waals surface area contributed by atoms with Crippen LogP contribution in [0.5, 0.6) is 0 Å². The fourth-order valence-corrected chi connectivity index (χ4v) is 4.63. The Bertz CT molecular complexity index is 1210.